The van der Waals surface area contributed by atoms with E-state index in [9.17, 15) is 4.79 Å². The Morgan fingerprint density at radius 2 is 1.90 bits per heavy atom. The molecule has 1 N–H and O–H groups in total. The van der Waals surface area contributed by atoms with Crippen LogP contribution in [0.2, 0.25) is 0 Å². The first-order valence-corrected chi connectivity index (χ1v) is 12.2. The molecule has 0 bridgehead atoms. The number of fused-ring (bicyclic) bond motifs is 1. The van der Waals surface area contributed by atoms with Gasteiger partial charge in [-0.25, -0.2) is 4.98 Å². The van der Waals surface area contributed by atoms with Crippen LogP contribution in [0.3, 0.4) is 0 Å². The van der Waals surface area contributed by atoms with Crippen LogP contribution in [0, 0.1) is 11.8 Å². The van der Waals surface area contributed by atoms with Crippen molar-refractivity contribution in [3.63, 3.8) is 0 Å². The van der Waals surface area contributed by atoms with Gasteiger partial charge in [-0.15, -0.1) is 0 Å². The van der Waals surface area contributed by atoms with Gasteiger partial charge in [0.15, 0.2) is 0 Å². The number of carbonyl (C=O) groups excluding carboxylic acids is 1. The zero-order valence-electron chi connectivity index (χ0n) is 18.8. The molecule has 1 saturated carbocycles. The van der Waals surface area contributed by atoms with Gasteiger partial charge in [0.2, 0.25) is 5.91 Å². The summed E-state index contributed by atoms with van der Waals surface area (Å²) in [7, 11) is 0. The number of hydrogen-bond donors (Lipinski definition) is 1. The van der Waals surface area contributed by atoms with E-state index in [4.69, 9.17) is 4.98 Å². The van der Waals surface area contributed by atoms with Crippen molar-refractivity contribution in [3.8, 4) is 0 Å². The largest absolute Gasteiger partial charge is 0.327 e. The molecule has 2 aromatic rings. The number of imidazole rings is 1. The zero-order chi connectivity index (χ0) is 20.9. The average Bonchev–Trinajstić information content (AvgIpc) is 3.10. The van der Waals surface area contributed by atoms with E-state index in [-0.39, 0.29) is 11.8 Å². The van der Waals surface area contributed by atoms with Gasteiger partial charge < -0.3 is 9.88 Å². The first-order chi connectivity index (χ1) is 14.6. The van der Waals surface area contributed by atoms with E-state index >= 15 is 0 Å². The Morgan fingerprint density at radius 3 is 2.63 bits per heavy atom. The molecule has 30 heavy (non-hydrogen) atoms. The number of unbranched alkanes of at least 4 members (excludes halogenated alkanes) is 1. The second kappa shape index (κ2) is 9.95. The van der Waals surface area contributed by atoms with Crippen LogP contribution < -0.4 is 5.32 Å². The van der Waals surface area contributed by atoms with Crippen molar-refractivity contribution < 1.29 is 4.79 Å². The van der Waals surface area contributed by atoms with Crippen molar-refractivity contribution in [2.24, 2.45) is 11.8 Å². The maximum Gasteiger partial charge on any atom is 0.227 e. The van der Waals surface area contributed by atoms with Crippen LogP contribution in [0.5, 0.6) is 0 Å². The first kappa shape index (κ1) is 21.4. The normalized spacial score (nSPS) is 19.4. The maximum atomic E-state index is 12.7. The van der Waals surface area contributed by atoms with Crippen LogP contribution in [0.25, 0.3) is 11.0 Å². The predicted molar refractivity (Wildman–Crippen MR) is 124 cm³/mol. The summed E-state index contributed by atoms with van der Waals surface area (Å²) in [6, 6.07) is 6.27. The highest BCUT2D eigenvalue weighted by molar-refractivity contribution is 5.94. The van der Waals surface area contributed by atoms with E-state index in [0.29, 0.717) is 0 Å². The number of anilines is 1. The molecule has 1 aliphatic heterocycles. The minimum absolute atomic E-state index is 0.175. The summed E-state index contributed by atoms with van der Waals surface area (Å²) in [4.78, 5) is 20.2. The number of benzene rings is 1. The molecule has 0 atom stereocenters. The minimum atomic E-state index is 0.175. The van der Waals surface area contributed by atoms with Gasteiger partial charge in [-0.05, 0) is 69.3 Å². The third-order valence-electron chi connectivity index (χ3n) is 7.05. The van der Waals surface area contributed by atoms with Crippen LogP contribution in [-0.2, 0) is 17.9 Å². The summed E-state index contributed by atoms with van der Waals surface area (Å²) in [5.41, 5.74) is 3.09. The lowest BCUT2D eigenvalue weighted by atomic mass is 9.88. The highest BCUT2D eigenvalue weighted by Crippen LogP contribution is 2.27. The summed E-state index contributed by atoms with van der Waals surface area (Å²) >= 11 is 0. The zero-order valence-corrected chi connectivity index (χ0v) is 18.8. The van der Waals surface area contributed by atoms with Crippen LogP contribution in [0.4, 0.5) is 5.69 Å². The standard InChI is InChI=1S/C25H38N4O/c1-3-4-14-29-23-11-10-21(26-25(30)20-8-6-5-7-9-20)17-22(23)27-24(29)18-28-15-12-19(2)13-16-28/h10-11,17,19-20H,3-9,12-16,18H2,1-2H3,(H,26,30). The third kappa shape index (κ3) is 5.05. The van der Waals surface area contributed by atoms with Gasteiger partial charge in [0.1, 0.15) is 5.82 Å². The summed E-state index contributed by atoms with van der Waals surface area (Å²) < 4.78 is 2.41. The van der Waals surface area contributed by atoms with Gasteiger partial charge in [-0.3, -0.25) is 9.69 Å². The Kier molecular flexibility index (Phi) is 7.08. The van der Waals surface area contributed by atoms with Gasteiger partial charge in [-0.2, -0.15) is 0 Å². The van der Waals surface area contributed by atoms with E-state index < -0.39 is 0 Å². The second-order valence-corrected chi connectivity index (χ2v) is 9.52. The second-order valence-electron chi connectivity index (χ2n) is 9.52. The average molecular weight is 411 g/mol. The van der Waals surface area contributed by atoms with Crippen molar-refractivity contribution in [2.75, 3.05) is 18.4 Å². The molecule has 1 saturated heterocycles. The van der Waals surface area contributed by atoms with Crippen molar-refractivity contribution in [1.29, 1.82) is 0 Å². The molecule has 5 nitrogen and oxygen atoms in total. The number of piperidine rings is 1. The lowest BCUT2D eigenvalue weighted by molar-refractivity contribution is -0.120. The molecule has 2 aliphatic rings. The predicted octanol–water partition coefficient (Wildman–Crippen LogP) is 5.59. The Bertz CT molecular complexity index is 844. The summed E-state index contributed by atoms with van der Waals surface area (Å²) in [5.74, 6) is 2.37. The molecule has 1 aromatic carbocycles. The van der Waals surface area contributed by atoms with Gasteiger partial charge >= 0.3 is 0 Å². The monoisotopic (exact) mass is 410 g/mol. The molecule has 1 aliphatic carbocycles. The molecule has 1 aromatic heterocycles. The Hall–Kier alpha value is -1.88. The maximum absolute atomic E-state index is 12.7. The SMILES string of the molecule is CCCCn1c(CN2CCC(C)CC2)nc2cc(NC(=O)C3CCCCC3)ccc21. The highest BCUT2D eigenvalue weighted by Gasteiger charge is 2.22. The molecular weight excluding hydrogens is 372 g/mol. The van der Waals surface area contributed by atoms with Gasteiger partial charge in [0.05, 0.1) is 17.6 Å². The van der Waals surface area contributed by atoms with E-state index in [1.165, 1.54) is 63.0 Å². The summed E-state index contributed by atoms with van der Waals surface area (Å²) in [6.45, 7) is 8.87. The molecule has 0 unspecified atom stereocenters. The number of aryl methyl sites for hydroxylation is 1. The van der Waals surface area contributed by atoms with Crippen molar-refractivity contribution >= 4 is 22.6 Å². The Labute approximate surface area is 181 Å². The summed E-state index contributed by atoms with van der Waals surface area (Å²) in [5, 5.41) is 3.16. The van der Waals surface area contributed by atoms with Gasteiger partial charge in [0.25, 0.3) is 0 Å². The number of aromatic nitrogens is 2. The van der Waals surface area contributed by atoms with E-state index in [0.717, 1.165) is 49.5 Å². The van der Waals surface area contributed by atoms with Crippen molar-refractivity contribution in [1.82, 2.24) is 14.5 Å². The number of carbonyl (C=O) groups is 1. The van der Waals surface area contributed by atoms with E-state index in [2.05, 4.69) is 46.8 Å². The quantitative estimate of drug-likeness (QED) is 0.647. The third-order valence-corrected chi connectivity index (χ3v) is 7.05. The lowest BCUT2D eigenvalue weighted by Gasteiger charge is -2.30. The van der Waals surface area contributed by atoms with Crippen LogP contribution in [0.15, 0.2) is 18.2 Å². The smallest absolute Gasteiger partial charge is 0.227 e. The molecule has 0 spiro atoms. The fourth-order valence-electron chi connectivity index (χ4n) is 4.97. The highest BCUT2D eigenvalue weighted by atomic mass is 16.1. The molecule has 2 heterocycles. The topological polar surface area (TPSA) is 50.2 Å². The fraction of sp³-hybridized carbons (Fsp3) is 0.680. The number of nitrogens with zero attached hydrogens (tertiary/aromatic N) is 3. The van der Waals surface area contributed by atoms with Crippen molar-refractivity contribution in [3.05, 3.63) is 24.0 Å². The van der Waals surface area contributed by atoms with E-state index in [1.54, 1.807) is 0 Å². The molecule has 2 fully saturated rings. The fourth-order valence-corrected chi connectivity index (χ4v) is 4.97. The molecule has 4 rings (SSSR count). The molecule has 1 amide bonds. The summed E-state index contributed by atoms with van der Waals surface area (Å²) in [6.07, 6.45) is 10.6. The van der Waals surface area contributed by atoms with Gasteiger partial charge in [-0.1, -0.05) is 39.5 Å². The molecule has 5 heteroatoms. The van der Waals surface area contributed by atoms with Crippen LogP contribution in [-0.4, -0.2) is 33.4 Å². The van der Waals surface area contributed by atoms with Crippen LogP contribution in [0.1, 0.15) is 77.5 Å². The van der Waals surface area contributed by atoms with Crippen LogP contribution >= 0.6 is 0 Å². The molecule has 0 radical (unpaired) electrons. The number of hydrogen-bond acceptors (Lipinski definition) is 3. The Morgan fingerprint density at radius 1 is 1.13 bits per heavy atom. The first-order valence-electron chi connectivity index (χ1n) is 12.2. The van der Waals surface area contributed by atoms with Crippen molar-refractivity contribution in [2.45, 2.75) is 84.7 Å². The van der Waals surface area contributed by atoms with E-state index in [1.807, 2.05) is 0 Å². The number of likely N-dealkylation sites (tertiary alicyclic amines) is 1. The lowest BCUT2D eigenvalue weighted by Crippen LogP contribution is -2.33. The molecule has 164 valence electrons. The molecular formula is C25H38N4O. The Balaban J connectivity index is 1.52. The number of nitrogens with one attached hydrogen (secondary N) is 1. The minimum Gasteiger partial charge on any atom is -0.327 e. The number of rotatable bonds is 7. The van der Waals surface area contributed by atoms with Gasteiger partial charge in [0, 0.05) is 18.2 Å². The number of amides is 1.